The second-order valence-corrected chi connectivity index (χ2v) is 29.2. The molecule has 23 heteroatoms. The number of hydrogen-bond donors (Lipinski definition) is 6. The lowest BCUT2D eigenvalue weighted by atomic mass is 9.73. The zero-order valence-corrected chi connectivity index (χ0v) is 49.5. The Hall–Kier alpha value is -1.63. The number of aliphatic hydroxyl groups is 5. The summed E-state index contributed by atoms with van der Waals surface area (Å²) in [5.74, 6) is 0.0905. The van der Waals surface area contributed by atoms with E-state index in [2.05, 4.69) is 51.6 Å². The lowest BCUT2D eigenvalue weighted by Gasteiger charge is -2.60. The molecule has 0 saturated carbocycles. The molecule has 13 saturated heterocycles. The third-order valence-electron chi connectivity index (χ3n) is 22.1. The minimum atomic E-state index is -5.15. The van der Waals surface area contributed by atoms with E-state index in [9.17, 15) is 38.5 Å². The van der Waals surface area contributed by atoms with Crippen LogP contribution in [0.25, 0.3) is 0 Å². The van der Waals surface area contributed by atoms with Gasteiger partial charge in [-0.25, -0.2) is 4.18 Å². The fourth-order valence-corrected chi connectivity index (χ4v) is 18.0. The highest BCUT2D eigenvalue weighted by molar-refractivity contribution is 7.80. The van der Waals surface area contributed by atoms with Gasteiger partial charge in [0, 0.05) is 51.4 Å². The third kappa shape index (κ3) is 10.7. The van der Waals surface area contributed by atoms with Crippen LogP contribution in [0.15, 0.2) is 37.0 Å². The van der Waals surface area contributed by atoms with E-state index in [0.717, 1.165) is 36.8 Å². The molecular weight excluding hydrogens is 1100 g/mol. The standard InChI is InChI=1S/C60H90O22S/c1-10-11-27(2)16-48-60(9,80-48)54-29(4)17-41-40(75-54)23-47-59(8,79-41)53(65)52-44(74-47)22-43-49(76-52)28(3)12-14-56(5)46(73-43)24-45-57(6,82-56)15-13-33-35(72-45)19-37-36(69-33)20-38-39(71-37)21-42-34(70-38)18-30(62)55-58(7,78-42)25-31(63)50(77-55)51(32(64)26-61)81-83(66,67)68/h10,28,30-55,61-65H,1-2,4,11-26H2,3,5-9H3,(H,66,67,68)/t28-,30+,31-,32?,33-,34+,35+,36+,37-,38-,39+,40+,41-,42-,43-,44+,45-,46+,47-,48-,49+,50-,51?,52+,53+,54-,55-,56-,57+,58+,59-,60+/m0/s1. The number of epoxide rings is 1. The fraction of sp³-hybridized carbons (Fsp3) is 0.900. The second-order valence-electron chi connectivity index (χ2n) is 28.1. The molecule has 6 N–H and O–H groups in total. The molecule has 13 fully saturated rings. The predicted octanol–water partition coefficient (Wildman–Crippen LogP) is 3.32. The molecule has 0 amide bonds. The summed E-state index contributed by atoms with van der Waals surface area (Å²) < 4.78 is 127. The maximum atomic E-state index is 12.4. The van der Waals surface area contributed by atoms with Crippen LogP contribution in [0.3, 0.4) is 0 Å². The maximum absolute atomic E-state index is 12.4. The fourth-order valence-electron chi connectivity index (χ4n) is 17.5. The average molecular weight is 1200 g/mol. The highest BCUT2D eigenvalue weighted by atomic mass is 32.3. The van der Waals surface area contributed by atoms with Gasteiger partial charge in [-0.3, -0.25) is 4.55 Å². The summed E-state index contributed by atoms with van der Waals surface area (Å²) in [6.45, 7) is 23.8. The molecule has 0 spiro atoms. The first-order valence-corrected chi connectivity index (χ1v) is 32.1. The molecule has 2 unspecified atom stereocenters. The van der Waals surface area contributed by atoms with Gasteiger partial charge in [-0.2, -0.15) is 8.42 Å². The molecule has 13 aliphatic rings. The number of allylic oxidation sites excluding steroid dienone is 1. The molecule has 22 nitrogen and oxygen atoms in total. The normalized spacial score (nSPS) is 55.4. The predicted molar refractivity (Wildman–Crippen MR) is 290 cm³/mol. The van der Waals surface area contributed by atoms with Gasteiger partial charge in [-0.05, 0) is 91.1 Å². The van der Waals surface area contributed by atoms with Gasteiger partial charge in [0.25, 0.3) is 0 Å². The highest BCUT2D eigenvalue weighted by Crippen LogP contribution is 2.56. The Morgan fingerprint density at radius 1 is 0.663 bits per heavy atom. The third-order valence-corrected chi connectivity index (χ3v) is 22.6. The van der Waals surface area contributed by atoms with E-state index in [1.165, 1.54) is 0 Å². The van der Waals surface area contributed by atoms with Crippen molar-refractivity contribution >= 4 is 10.4 Å². The van der Waals surface area contributed by atoms with Crippen molar-refractivity contribution in [2.75, 3.05) is 6.61 Å². The Morgan fingerprint density at radius 2 is 1.25 bits per heavy atom. The number of hydrogen-bond acceptors (Lipinski definition) is 21. The van der Waals surface area contributed by atoms with E-state index in [1.807, 2.05) is 13.0 Å². The van der Waals surface area contributed by atoms with Gasteiger partial charge in [0.2, 0.25) is 0 Å². The van der Waals surface area contributed by atoms with Gasteiger partial charge in [-0.1, -0.05) is 31.7 Å². The van der Waals surface area contributed by atoms with Crippen LogP contribution in [-0.2, 0) is 76.2 Å². The molecule has 13 aliphatic heterocycles. The summed E-state index contributed by atoms with van der Waals surface area (Å²) in [5.41, 5.74) is -2.14. The summed E-state index contributed by atoms with van der Waals surface area (Å²) in [5, 5.41) is 55.6. The van der Waals surface area contributed by atoms with E-state index in [-0.39, 0.29) is 98.1 Å². The van der Waals surface area contributed by atoms with Crippen molar-refractivity contribution in [1.29, 1.82) is 0 Å². The van der Waals surface area contributed by atoms with Crippen molar-refractivity contribution < 1.29 is 104 Å². The first kappa shape index (κ1) is 60.3. The van der Waals surface area contributed by atoms with Crippen LogP contribution in [0.1, 0.15) is 138 Å². The lowest BCUT2D eigenvalue weighted by molar-refractivity contribution is -0.368. The van der Waals surface area contributed by atoms with Crippen molar-refractivity contribution in [2.24, 2.45) is 5.92 Å². The summed E-state index contributed by atoms with van der Waals surface area (Å²) in [6, 6.07) is 0. The molecule has 468 valence electrons. The topological polar surface area (TPSA) is 288 Å². The smallest absolute Gasteiger partial charge is 0.394 e. The van der Waals surface area contributed by atoms with Crippen LogP contribution in [0.4, 0.5) is 0 Å². The molecule has 0 bridgehead atoms. The Labute approximate surface area is 487 Å². The maximum Gasteiger partial charge on any atom is 0.397 e. The van der Waals surface area contributed by atoms with Gasteiger partial charge in [-0.15, -0.1) is 6.58 Å². The van der Waals surface area contributed by atoms with Crippen molar-refractivity contribution in [1.82, 2.24) is 0 Å². The summed E-state index contributed by atoms with van der Waals surface area (Å²) >= 11 is 0. The summed E-state index contributed by atoms with van der Waals surface area (Å²) in [4.78, 5) is 0. The molecule has 13 rings (SSSR count). The van der Waals surface area contributed by atoms with Gasteiger partial charge >= 0.3 is 10.4 Å². The van der Waals surface area contributed by atoms with Gasteiger partial charge < -0.3 is 87.1 Å². The summed E-state index contributed by atoms with van der Waals surface area (Å²) in [6.07, 6.45) is -7.01. The SMILES string of the molecule is C=CCC(=C)C[C@@H]1O[C@@]1(C)[C@H]1O[C@@H]2C[C@@H]3O[C@@H]4C[C@@H]5O[C@@H]6C[C@@H]7O[C@@H]8C[C@@H]9O[C@@H]%10C[C@@H]%11O[C@]%12(C)C[C@H](O)[C@@H](C(OS(=O)(=O)O)C(O)CO)O[C@H]%12[C@H](O)C[C@H]%11O[C@H]%10C[C@H]9O[C@H]8CC[C@@]7(C)O[C@@]6(C)CC[C@H](C)[C@H]5O[C@H]4[C@@H](O)[C@@]3(C)O[C@H]2CC1=C. The molecule has 0 aromatic rings. The summed E-state index contributed by atoms with van der Waals surface area (Å²) in [7, 11) is -5.15. The Morgan fingerprint density at radius 3 is 1.93 bits per heavy atom. The Kier molecular flexibility index (Phi) is 15.8. The lowest BCUT2D eigenvalue weighted by Crippen LogP contribution is -2.74. The molecule has 0 aliphatic carbocycles. The Bertz CT molecular complexity index is 2580. The van der Waals surface area contributed by atoms with Crippen molar-refractivity contribution in [2.45, 2.75) is 325 Å². The number of fused-ring (bicyclic) bond motifs is 11. The molecule has 32 atom stereocenters. The minimum Gasteiger partial charge on any atom is -0.394 e. The van der Waals surface area contributed by atoms with Crippen molar-refractivity contribution in [3.63, 3.8) is 0 Å². The quantitative estimate of drug-likeness (QED) is 0.104. The van der Waals surface area contributed by atoms with E-state index in [1.54, 1.807) is 6.92 Å². The van der Waals surface area contributed by atoms with Crippen LogP contribution in [0.2, 0.25) is 0 Å². The van der Waals surface area contributed by atoms with Gasteiger partial charge in [0.15, 0.2) is 0 Å². The zero-order valence-electron chi connectivity index (χ0n) is 48.7. The second kappa shape index (κ2) is 21.8. The number of aliphatic hydroxyl groups excluding tert-OH is 5. The molecule has 13 heterocycles. The van der Waals surface area contributed by atoms with Crippen LogP contribution in [0.5, 0.6) is 0 Å². The van der Waals surface area contributed by atoms with E-state index in [4.69, 9.17) is 61.6 Å². The van der Waals surface area contributed by atoms with E-state index < -0.39 is 124 Å². The van der Waals surface area contributed by atoms with E-state index >= 15 is 0 Å². The Balaban J connectivity index is 0.660. The largest absolute Gasteiger partial charge is 0.397 e. The molecule has 0 aromatic heterocycles. The molecular formula is C60H90O22S. The van der Waals surface area contributed by atoms with Gasteiger partial charge in [0.05, 0.1) is 139 Å². The van der Waals surface area contributed by atoms with Crippen LogP contribution >= 0.6 is 0 Å². The van der Waals surface area contributed by atoms with Crippen LogP contribution < -0.4 is 0 Å². The minimum absolute atomic E-state index is 0.0223. The number of rotatable bonds is 10. The number of ether oxygens (including phenoxy) is 13. The van der Waals surface area contributed by atoms with Crippen molar-refractivity contribution in [3.05, 3.63) is 37.0 Å². The van der Waals surface area contributed by atoms with Crippen molar-refractivity contribution in [3.8, 4) is 0 Å². The first-order chi connectivity index (χ1) is 39.2. The zero-order chi connectivity index (χ0) is 58.7. The molecule has 83 heavy (non-hydrogen) atoms. The first-order valence-electron chi connectivity index (χ1n) is 30.8. The van der Waals surface area contributed by atoms with E-state index in [0.29, 0.717) is 57.8 Å². The monoisotopic (exact) mass is 1190 g/mol. The van der Waals surface area contributed by atoms with Crippen LogP contribution in [-0.4, -0.2) is 232 Å². The highest BCUT2D eigenvalue weighted by Gasteiger charge is 2.67. The van der Waals surface area contributed by atoms with Gasteiger partial charge in [0.1, 0.15) is 53.9 Å². The molecule has 0 radical (unpaired) electrons. The molecule has 0 aromatic carbocycles. The van der Waals surface area contributed by atoms with Crippen LogP contribution in [0, 0.1) is 5.92 Å². The average Bonchev–Trinajstić information content (AvgIpc) is 2.36.